The van der Waals surface area contributed by atoms with E-state index in [0.29, 0.717) is 117 Å². The molecule has 23 heteroatoms. The Morgan fingerprint density at radius 2 is 0.899 bits per heavy atom. The molecule has 0 atom stereocenters. The number of nitrogens with one attached hydrogen (secondary N) is 1. The molecular weight excluding hydrogens is 1180 g/mol. The minimum absolute atomic E-state index is 0.194. The van der Waals surface area contributed by atoms with E-state index in [0.717, 1.165) is 62.9 Å². The summed E-state index contributed by atoms with van der Waals surface area (Å²) in [5, 5.41) is 2.11. The molecule has 89 heavy (non-hydrogen) atoms. The number of hydrogen-bond donors (Lipinski definition) is 2. The molecule has 0 spiro atoms. The lowest BCUT2D eigenvalue weighted by atomic mass is 10.0. The molecule has 0 unspecified atom stereocenters. The number of anilines is 2. The molecule has 4 aliphatic rings. The minimum atomic E-state index is -3.47. The first kappa shape index (κ1) is 64.5. The molecule has 12 rings (SSSR count). The molecule has 3 aromatic heterocycles. The molecule has 1 aliphatic carbocycles. The van der Waals surface area contributed by atoms with E-state index in [2.05, 4.69) is 49.3 Å². The molecule has 0 bridgehead atoms. The van der Waals surface area contributed by atoms with E-state index in [9.17, 15) is 12.8 Å². The van der Waals surface area contributed by atoms with Crippen LogP contribution in [0, 0.1) is 11.6 Å². The Labute approximate surface area is 524 Å². The SMILES string of the molecule is COc1cc2c(-c3ccc(N)cc3F)ncnc2cc1OCCCN1CCCCC1.COc1cc2c(-c3ccc(NS(=O)(=O)C4CC4)cc3F)ncnc2cc1OCCCN1CCCCC1.COc1cc2c(Cl)ncnc2cc1OCCCN1CCCCC1. The molecule has 6 heterocycles. The Bertz CT molecular complexity index is 3780. The monoisotopic (exact) mass is 1260 g/mol. The highest BCUT2D eigenvalue weighted by Gasteiger charge is 2.36. The first-order valence-corrected chi connectivity index (χ1v) is 32.9. The van der Waals surface area contributed by atoms with Gasteiger partial charge in [0, 0.05) is 70.8 Å². The van der Waals surface area contributed by atoms with Crippen LogP contribution in [0.2, 0.25) is 5.15 Å². The largest absolute Gasteiger partial charge is 0.493 e. The Balaban J connectivity index is 0.000000151. The van der Waals surface area contributed by atoms with Crippen molar-refractivity contribution in [2.75, 3.05) is 111 Å². The summed E-state index contributed by atoms with van der Waals surface area (Å²) in [6.45, 7) is 12.1. The summed E-state index contributed by atoms with van der Waals surface area (Å²) in [4.78, 5) is 33.0. The van der Waals surface area contributed by atoms with Crippen molar-refractivity contribution in [3.63, 3.8) is 0 Å². The van der Waals surface area contributed by atoms with Crippen LogP contribution in [0.3, 0.4) is 0 Å². The van der Waals surface area contributed by atoms with Gasteiger partial charge in [-0.15, -0.1) is 0 Å². The van der Waals surface area contributed by atoms with E-state index < -0.39 is 21.7 Å². The summed E-state index contributed by atoms with van der Waals surface area (Å²) >= 11 is 6.10. The van der Waals surface area contributed by atoms with Gasteiger partial charge in [-0.2, -0.15) is 0 Å². The second-order valence-electron chi connectivity index (χ2n) is 22.8. The van der Waals surface area contributed by atoms with Gasteiger partial charge >= 0.3 is 0 Å². The van der Waals surface area contributed by atoms with Crippen molar-refractivity contribution in [2.24, 2.45) is 0 Å². The van der Waals surface area contributed by atoms with Crippen LogP contribution < -0.4 is 38.9 Å². The number of nitrogen functional groups attached to an aromatic ring is 1. The molecule has 0 radical (unpaired) electrons. The second kappa shape index (κ2) is 31.3. The number of methoxy groups -OCH3 is 3. The van der Waals surface area contributed by atoms with Crippen LogP contribution in [0.25, 0.3) is 55.2 Å². The predicted octanol–water partition coefficient (Wildman–Crippen LogP) is 12.4. The third kappa shape index (κ3) is 17.3. The van der Waals surface area contributed by atoms with Gasteiger partial charge in [0.05, 0.1) is 80.0 Å². The third-order valence-electron chi connectivity index (χ3n) is 16.4. The number of halogens is 3. The Morgan fingerprint density at radius 3 is 1.30 bits per heavy atom. The topological polar surface area (TPSA) is 215 Å². The number of fused-ring (bicyclic) bond motifs is 3. The van der Waals surface area contributed by atoms with Crippen molar-refractivity contribution < 1.29 is 45.6 Å². The molecule has 4 fully saturated rings. The first-order valence-electron chi connectivity index (χ1n) is 30.9. The molecule has 5 aromatic carbocycles. The number of ether oxygens (including phenoxy) is 6. The summed E-state index contributed by atoms with van der Waals surface area (Å²) in [7, 11) is 1.30. The minimum Gasteiger partial charge on any atom is -0.493 e. The second-order valence-corrected chi connectivity index (χ2v) is 25.1. The van der Waals surface area contributed by atoms with Crippen LogP contribution in [0.1, 0.15) is 89.9 Å². The van der Waals surface area contributed by atoms with Gasteiger partial charge in [-0.1, -0.05) is 30.9 Å². The number of aromatic nitrogens is 6. The third-order valence-corrected chi connectivity index (χ3v) is 18.6. The predicted molar refractivity (Wildman–Crippen MR) is 345 cm³/mol. The van der Waals surface area contributed by atoms with Gasteiger partial charge in [-0.05, 0) is 164 Å². The summed E-state index contributed by atoms with van der Waals surface area (Å²) < 4.78 is 90.9. The van der Waals surface area contributed by atoms with E-state index in [1.807, 2.05) is 18.2 Å². The molecule has 3 aliphatic heterocycles. The summed E-state index contributed by atoms with van der Waals surface area (Å²) in [5.74, 6) is 2.67. The van der Waals surface area contributed by atoms with Crippen LogP contribution in [0.5, 0.6) is 34.5 Å². The van der Waals surface area contributed by atoms with Crippen molar-refractivity contribution in [3.8, 4) is 57.0 Å². The molecule has 8 aromatic rings. The van der Waals surface area contributed by atoms with Crippen molar-refractivity contribution >= 4 is 65.7 Å². The van der Waals surface area contributed by atoms with Gasteiger partial charge in [0.1, 0.15) is 35.8 Å². The average molecular weight is 1260 g/mol. The van der Waals surface area contributed by atoms with Gasteiger partial charge in [0.2, 0.25) is 10.0 Å². The highest BCUT2D eigenvalue weighted by Crippen LogP contribution is 2.40. The highest BCUT2D eigenvalue weighted by molar-refractivity contribution is 7.93. The molecule has 1 saturated carbocycles. The quantitative estimate of drug-likeness (QED) is 0.0346. The van der Waals surface area contributed by atoms with Crippen molar-refractivity contribution in [3.05, 3.63) is 109 Å². The van der Waals surface area contributed by atoms with E-state index in [1.165, 1.54) is 121 Å². The fraction of sp³-hybridized carbons (Fsp3) is 0.455. The molecule has 3 N–H and O–H groups in total. The smallest absolute Gasteiger partial charge is 0.235 e. The lowest BCUT2D eigenvalue weighted by molar-refractivity contribution is 0.203. The van der Waals surface area contributed by atoms with Crippen molar-refractivity contribution in [2.45, 2.75) is 95.1 Å². The standard InChI is InChI=1S/C26H31FN4O4S.C23H27FN4O2.C17H22ClN3O2/c1-34-24-15-21-23(16-25(24)35-13-5-12-31-10-3-2-4-11-31)28-17-29-26(21)20-9-6-18(14-22(20)27)30-36(32,33)19-7-8-19;1-29-21-13-18-20(14-22(21)30-11-5-10-28-8-3-2-4-9-28)26-15-27-23(18)17-7-6-16(25)12-19(17)24;1-22-15-10-13-14(19-12-20-17(13)18)11-16(15)23-9-5-8-21-6-3-2-4-7-21/h6,9,14-17,19,30H,2-5,7-8,10-13H2,1H3;6-7,12-15H,2-5,8-11,25H2,1H3;10-12H,2-9H2,1H3. The number of likely N-dealkylation sites (tertiary alicyclic amines) is 3. The maximum Gasteiger partial charge on any atom is 0.235 e. The maximum absolute atomic E-state index is 15.1. The normalized spacial score (nSPS) is 15.8. The molecule has 19 nitrogen and oxygen atoms in total. The van der Waals surface area contributed by atoms with Crippen LogP contribution in [-0.2, 0) is 10.0 Å². The van der Waals surface area contributed by atoms with Gasteiger partial charge in [-0.3, -0.25) is 4.72 Å². The Morgan fingerprint density at radius 1 is 0.506 bits per heavy atom. The fourth-order valence-corrected chi connectivity index (χ4v) is 13.1. The first-order chi connectivity index (χ1) is 43.4. The number of nitrogens with zero attached hydrogens (tertiary/aromatic N) is 9. The highest BCUT2D eigenvalue weighted by atomic mass is 35.5. The van der Waals surface area contributed by atoms with Crippen LogP contribution in [0.4, 0.5) is 20.2 Å². The van der Waals surface area contributed by atoms with Crippen molar-refractivity contribution in [1.82, 2.24) is 44.6 Å². The number of hydrogen-bond acceptors (Lipinski definition) is 18. The molecule has 0 amide bonds. The molecule has 3 saturated heterocycles. The lowest BCUT2D eigenvalue weighted by Crippen LogP contribution is -2.31. The number of rotatable bonds is 23. The van der Waals surface area contributed by atoms with Crippen LogP contribution in [0.15, 0.2) is 91.8 Å². The van der Waals surface area contributed by atoms with E-state index in [4.69, 9.17) is 45.8 Å². The number of benzene rings is 5. The zero-order chi connectivity index (χ0) is 62.1. The van der Waals surface area contributed by atoms with Crippen LogP contribution in [-0.4, -0.2) is 158 Å². The number of sulfonamides is 1. The average Bonchev–Trinajstić information content (AvgIpc) is 1.46. The molecule has 474 valence electrons. The molecular formula is C66H80ClF2N11O8S. The van der Waals surface area contributed by atoms with Gasteiger partial charge in [0.25, 0.3) is 0 Å². The number of piperidine rings is 3. The summed E-state index contributed by atoms with van der Waals surface area (Å²) in [6, 6.07) is 19.7. The van der Waals surface area contributed by atoms with Crippen molar-refractivity contribution in [1.29, 1.82) is 0 Å². The fourth-order valence-electron chi connectivity index (χ4n) is 11.5. The van der Waals surface area contributed by atoms with E-state index >= 15 is 4.39 Å². The van der Waals surface area contributed by atoms with E-state index in [1.54, 1.807) is 57.7 Å². The number of nitrogens with two attached hydrogens (primary N) is 1. The zero-order valence-electron chi connectivity index (χ0n) is 51.0. The van der Waals surface area contributed by atoms with Gasteiger partial charge < -0.3 is 48.9 Å². The maximum atomic E-state index is 15.1. The summed E-state index contributed by atoms with van der Waals surface area (Å²) in [6.07, 6.45) is 20.2. The van der Waals surface area contributed by atoms with Gasteiger partial charge in [0.15, 0.2) is 34.5 Å². The Hall–Kier alpha value is -7.50. The Kier molecular flexibility index (Phi) is 22.7. The lowest BCUT2D eigenvalue weighted by Gasteiger charge is -2.26. The zero-order valence-corrected chi connectivity index (χ0v) is 52.6. The summed E-state index contributed by atoms with van der Waals surface area (Å²) in [5.41, 5.74) is 9.77. The van der Waals surface area contributed by atoms with Crippen LogP contribution >= 0.6 is 11.6 Å². The van der Waals surface area contributed by atoms with Gasteiger partial charge in [-0.25, -0.2) is 47.1 Å². The van der Waals surface area contributed by atoms with E-state index in [-0.39, 0.29) is 16.5 Å².